The van der Waals surface area contributed by atoms with Crippen LogP contribution in [0, 0.1) is 29.6 Å². The van der Waals surface area contributed by atoms with Crippen LogP contribution in [0.1, 0.15) is 51.9 Å². The lowest BCUT2D eigenvalue weighted by molar-refractivity contribution is -0.0147. The molecule has 0 aliphatic heterocycles. The molecule has 2 unspecified atom stereocenters. The molecular formula is C15H25N. The Hall–Kier alpha value is -0.0400. The van der Waals surface area contributed by atoms with Gasteiger partial charge in [-0.05, 0) is 68.1 Å². The summed E-state index contributed by atoms with van der Waals surface area (Å²) in [6.07, 6.45) is 10.7. The molecule has 0 amide bonds. The Balaban J connectivity index is 1.45. The predicted octanol–water partition coefficient (Wildman–Crippen LogP) is 3.20. The largest absolute Gasteiger partial charge is 0.310 e. The lowest BCUT2D eigenvalue weighted by atomic mass is 9.54. The number of rotatable bonds is 3. The van der Waals surface area contributed by atoms with E-state index in [0.717, 1.165) is 41.7 Å². The summed E-state index contributed by atoms with van der Waals surface area (Å²) >= 11 is 0. The van der Waals surface area contributed by atoms with Gasteiger partial charge < -0.3 is 5.32 Å². The van der Waals surface area contributed by atoms with E-state index < -0.39 is 0 Å². The fraction of sp³-hybridized carbons (Fsp3) is 1.00. The molecule has 5 aliphatic rings. The summed E-state index contributed by atoms with van der Waals surface area (Å²) in [5.41, 5.74) is 0. The topological polar surface area (TPSA) is 12.0 Å². The van der Waals surface area contributed by atoms with Gasteiger partial charge in [-0.15, -0.1) is 0 Å². The quantitative estimate of drug-likeness (QED) is 0.768. The zero-order valence-electron chi connectivity index (χ0n) is 10.5. The lowest BCUT2D eigenvalue weighted by Crippen LogP contribution is -2.55. The van der Waals surface area contributed by atoms with Gasteiger partial charge in [0.1, 0.15) is 0 Å². The number of hydrogen-bond donors (Lipinski definition) is 1. The first-order chi connectivity index (χ1) is 7.83. The van der Waals surface area contributed by atoms with Crippen molar-refractivity contribution in [2.75, 3.05) is 0 Å². The number of hydrogen-bond acceptors (Lipinski definition) is 1. The van der Waals surface area contributed by atoms with Crippen LogP contribution in [0.3, 0.4) is 0 Å². The van der Waals surface area contributed by atoms with Crippen LogP contribution in [0.15, 0.2) is 0 Å². The molecule has 0 saturated heterocycles. The van der Waals surface area contributed by atoms with Crippen molar-refractivity contribution in [2.24, 2.45) is 29.6 Å². The van der Waals surface area contributed by atoms with Crippen LogP contribution in [0.5, 0.6) is 0 Å². The van der Waals surface area contributed by atoms with Crippen molar-refractivity contribution in [1.29, 1.82) is 0 Å². The summed E-state index contributed by atoms with van der Waals surface area (Å²) in [4.78, 5) is 0. The Kier molecular flexibility index (Phi) is 2.16. The van der Waals surface area contributed by atoms with Gasteiger partial charge in [-0.25, -0.2) is 0 Å². The van der Waals surface area contributed by atoms with Gasteiger partial charge in [-0.3, -0.25) is 0 Å². The van der Waals surface area contributed by atoms with Crippen molar-refractivity contribution in [2.45, 2.75) is 64.0 Å². The Bertz CT molecular complexity index is 257. The van der Waals surface area contributed by atoms with E-state index in [2.05, 4.69) is 12.2 Å². The molecule has 1 N–H and O–H groups in total. The predicted molar refractivity (Wildman–Crippen MR) is 66.2 cm³/mol. The first-order valence-corrected chi connectivity index (χ1v) is 7.59. The molecule has 2 atom stereocenters. The second-order valence-corrected chi connectivity index (χ2v) is 7.13. The zero-order chi connectivity index (χ0) is 10.7. The molecule has 4 bridgehead atoms. The standard InChI is InChI=1S/C15H25N/c1-2-11-8-14(11)16-15-12-4-9-3-10(6-12)7-13(15)5-9/h9-16H,2-8H2,1H3. The maximum atomic E-state index is 4.04. The fourth-order valence-corrected chi connectivity index (χ4v) is 5.35. The maximum absolute atomic E-state index is 4.04. The third-order valence-electron chi connectivity index (χ3n) is 6.08. The van der Waals surface area contributed by atoms with Gasteiger partial charge in [0.15, 0.2) is 0 Å². The highest BCUT2D eigenvalue weighted by atomic mass is 15.0. The van der Waals surface area contributed by atoms with Crippen LogP contribution in [-0.2, 0) is 0 Å². The molecule has 0 heterocycles. The molecule has 5 rings (SSSR count). The van der Waals surface area contributed by atoms with Crippen LogP contribution in [0.2, 0.25) is 0 Å². The molecule has 16 heavy (non-hydrogen) atoms. The molecule has 0 radical (unpaired) electrons. The molecule has 5 fully saturated rings. The van der Waals surface area contributed by atoms with Gasteiger partial charge in [-0.1, -0.05) is 13.3 Å². The van der Waals surface area contributed by atoms with Gasteiger partial charge in [0, 0.05) is 12.1 Å². The Labute approximate surface area is 99.4 Å². The smallest absolute Gasteiger partial charge is 0.0127 e. The van der Waals surface area contributed by atoms with Crippen LogP contribution >= 0.6 is 0 Å². The molecule has 0 aromatic heterocycles. The highest BCUT2D eigenvalue weighted by Gasteiger charge is 2.50. The summed E-state index contributed by atoms with van der Waals surface area (Å²) in [6, 6.07) is 1.84. The lowest BCUT2D eigenvalue weighted by Gasteiger charge is -2.54. The zero-order valence-corrected chi connectivity index (χ0v) is 10.5. The van der Waals surface area contributed by atoms with Crippen molar-refractivity contribution in [3.8, 4) is 0 Å². The van der Waals surface area contributed by atoms with Gasteiger partial charge in [0.25, 0.3) is 0 Å². The summed E-state index contributed by atoms with van der Waals surface area (Å²) in [6.45, 7) is 2.35. The van der Waals surface area contributed by atoms with Crippen molar-refractivity contribution < 1.29 is 0 Å². The summed E-state index contributed by atoms with van der Waals surface area (Å²) in [7, 11) is 0. The minimum Gasteiger partial charge on any atom is -0.310 e. The molecule has 0 aromatic carbocycles. The second kappa shape index (κ2) is 3.48. The van der Waals surface area contributed by atoms with Gasteiger partial charge in [0.05, 0.1) is 0 Å². The Morgan fingerprint density at radius 1 is 0.875 bits per heavy atom. The maximum Gasteiger partial charge on any atom is 0.0127 e. The van der Waals surface area contributed by atoms with Crippen molar-refractivity contribution in [3.63, 3.8) is 0 Å². The molecule has 5 aliphatic carbocycles. The van der Waals surface area contributed by atoms with E-state index >= 15 is 0 Å². The van der Waals surface area contributed by atoms with Crippen LogP contribution < -0.4 is 5.32 Å². The monoisotopic (exact) mass is 219 g/mol. The third-order valence-corrected chi connectivity index (χ3v) is 6.08. The minimum atomic E-state index is 0.910. The molecule has 1 heteroatoms. The van der Waals surface area contributed by atoms with Crippen molar-refractivity contribution >= 4 is 0 Å². The summed E-state index contributed by atoms with van der Waals surface area (Å²) in [5, 5.41) is 4.04. The van der Waals surface area contributed by atoms with E-state index in [0.29, 0.717) is 0 Å². The van der Waals surface area contributed by atoms with E-state index in [1.807, 2.05) is 0 Å². The van der Waals surface area contributed by atoms with E-state index in [1.54, 1.807) is 32.1 Å². The van der Waals surface area contributed by atoms with Crippen LogP contribution in [0.25, 0.3) is 0 Å². The van der Waals surface area contributed by atoms with Crippen LogP contribution in [-0.4, -0.2) is 12.1 Å². The fourth-order valence-electron chi connectivity index (χ4n) is 5.35. The molecule has 0 spiro atoms. The molecule has 5 saturated carbocycles. The van der Waals surface area contributed by atoms with Crippen LogP contribution in [0.4, 0.5) is 0 Å². The molecule has 0 aromatic rings. The minimum absolute atomic E-state index is 0.910. The van der Waals surface area contributed by atoms with E-state index in [1.165, 1.54) is 12.8 Å². The SMILES string of the molecule is CCC1CC1NC1C2CC3CC(C2)CC1C3. The van der Waals surface area contributed by atoms with Gasteiger partial charge in [0.2, 0.25) is 0 Å². The molecule has 1 nitrogen and oxygen atoms in total. The van der Waals surface area contributed by atoms with E-state index in [9.17, 15) is 0 Å². The second-order valence-electron chi connectivity index (χ2n) is 7.13. The summed E-state index contributed by atoms with van der Waals surface area (Å²) < 4.78 is 0. The average Bonchev–Trinajstić information content (AvgIpc) is 3.01. The third kappa shape index (κ3) is 1.47. The average molecular weight is 219 g/mol. The summed E-state index contributed by atoms with van der Waals surface area (Å²) in [5.74, 6) is 5.41. The number of nitrogens with one attached hydrogen (secondary N) is 1. The normalized spacial score (nSPS) is 57.9. The highest BCUT2D eigenvalue weighted by Crippen LogP contribution is 2.54. The van der Waals surface area contributed by atoms with E-state index in [4.69, 9.17) is 0 Å². The highest BCUT2D eigenvalue weighted by molar-refractivity contribution is 5.04. The molecular weight excluding hydrogens is 194 g/mol. The first kappa shape index (κ1) is 9.94. The van der Waals surface area contributed by atoms with Gasteiger partial charge in [-0.2, -0.15) is 0 Å². The van der Waals surface area contributed by atoms with Gasteiger partial charge >= 0.3 is 0 Å². The van der Waals surface area contributed by atoms with E-state index in [-0.39, 0.29) is 0 Å². The van der Waals surface area contributed by atoms with Crippen molar-refractivity contribution in [1.82, 2.24) is 5.32 Å². The Morgan fingerprint density at radius 3 is 2.00 bits per heavy atom. The Morgan fingerprint density at radius 2 is 1.50 bits per heavy atom. The van der Waals surface area contributed by atoms with Crippen molar-refractivity contribution in [3.05, 3.63) is 0 Å². The first-order valence-electron chi connectivity index (χ1n) is 7.59. The molecule has 90 valence electrons.